The number of non-ortho nitro benzene ring substituents is 1. The number of cyclic esters (lactones) is 1. The zero-order valence-electron chi connectivity index (χ0n) is 10.3. The maximum absolute atomic E-state index is 11.3. The van der Waals surface area contributed by atoms with E-state index in [1.54, 1.807) is 19.1 Å². The summed E-state index contributed by atoms with van der Waals surface area (Å²) in [6.45, 7) is 2.17. The van der Waals surface area contributed by atoms with Crippen LogP contribution in [-0.4, -0.2) is 17.5 Å². The summed E-state index contributed by atoms with van der Waals surface area (Å²) < 4.78 is 4.84. The van der Waals surface area contributed by atoms with Crippen molar-refractivity contribution in [3.05, 3.63) is 51.1 Å². The molecule has 0 spiro atoms. The average Bonchev–Trinajstić information content (AvgIpc) is 2.83. The molecular formula is C14H11NO4. The van der Waals surface area contributed by atoms with Crippen LogP contribution in [0.3, 0.4) is 0 Å². The number of hydrogen-bond acceptors (Lipinski definition) is 4. The van der Waals surface area contributed by atoms with Crippen molar-refractivity contribution in [3.8, 4) is 11.8 Å². The molecule has 1 heterocycles. The monoisotopic (exact) mass is 257 g/mol. The molecule has 19 heavy (non-hydrogen) atoms. The van der Waals surface area contributed by atoms with E-state index in [-0.39, 0.29) is 11.7 Å². The van der Waals surface area contributed by atoms with Crippen LogP contribution in [0.1, 0.15) is 18.9 Å². The van der Waals surface area contributed by atoms with E-state index < -0.39 is 4.92 Å². The molecule has 1 fully saturated rings. The highest BCUT2D eigenvalue weighted by atomic mass is 16.6. The van der Waals surface area contributed by atoms with Crippen molar-refractivity contribution in [1.29, 1.82) is 0 Å². The van der Waals surface area contributed by atoms with Gasteiger partial charge in [0.05, 0.1) is 17.1 Å². The third-order valence-corrected chi connectivity index (χ3v) is 2.76. The van der Waals surface area contributed by atoms with E-state index >= 15 is 0 Å². The first-order chi connectivity index (χ1) is 9.08. The molecule has 0 radical (unpaired) electrons. The predicted octanol–water partition coefficient (Wildman–Crippen LogP) is 2.21. The van der Waals surface area contributed by atoms with Gasteiger partial charge in [-0.1, -0.05) is 11.8 Å². The third kappa shape index (κ3) is 2.99. The van der Waals surface area contributed by atoms with Crippen molar-refractivity contribution in [2.75, 3.05) is 6.61 Å². The van der Waals surface area contributed by atoms with E-state index in [0.717, 1.165) is 0 Å². The standard InChI is InChI=1S/C14H11NO4/c1-10(13-8-9-19-14(13)16)2-3-11-4-6-12(7-5-11)15(17)18/h4-7H,8-9H2,1H3/b13-10-. The minimum atomic E-state index is -0.459. The number of benzene rings is 1. The Balaban J connectivity index is 2.20. The zero-order valence-corrected chi connectivity index (χ0v) is 10.3. The zero-order chi connectivity index (χ0) is 13.8. The highest BCUT2D eigenvalue weighted by Crippen LogP contribution is 2.17. The summed E-state index contributed by atoms with van der Waals surface area (Å²) in [5.41, 5.74) is 1.98. The maximum atomic E-state index is 11.3. The minimum absolute atomic E-state index is 0.0278. The lowest BCUT2D eigenvalue weighted by Crippen LogP contribution is -1.96. The Morgan fingerprint density at radius 2 is 2.05 bits per heavy atom. The van der Waals surface area contributed by atoms with E-state index in [2.05, 4.69) is 11.8 Å². The van der Waals surface area contributed by atoms with Gasteiger partial charge in [0, 0.05) is 29.7 Å². The molecule has 1 aliphatic heterocycles. The summed E-state index contributed by atoms with van der Waals surface area (Å²) in [7, 11) is 0. The number of hydrogen-bond donors (Lipinski definition) is 0. The quantitative estimate of drug-likeness (QED) is 0.254. The summed E-state index contributed by atoms with van der Waals surface area (Å²) in [6.07, 6.45) is 0.583. The van der Waals surface area contributed by atoms with Gasteiger partial charge in [-0.25, -0.2) is 4.79 Å². The Labute approximate surface area is 110 Å². The molecule has 0 aromatic heterocycles. The topological polar surface area (TPSA) is 69.4 Å². The van der Waals surface area contributed by atoms with Gasteiger partial charge in [-0.3, -0.25) is 10.1 Å². The normalized spacial score (nSPS) is 16.4. The lowest BCUT2D eigenvalue weighted by Gasteiger charge is -1.94. The smallest absolute Gasteiger partial charge is 0.335 e. The molecule has 96 valence electrons. The van der Waals surface area contributed by atoms with Crippen molar-refractivity contribution >= 4 is 11.7 Å². The van der Waals surface area contributed by atoms with Crippen LogP contribution >= 0.6 is 0 Å². The van der Waals surface area contributed by atoms with Crippen LogP contribution in [0.25, 0.3) is 0 Å². The molecule has 0 amide bonds. The van der Waals surface area contributed by atoms with Crippen LogP contribution < -0.4 is 0 Å². The maximum Gasteiger partial charge on any atom is 0.335 e. The van der Waals surface area contributed by atoms with Crippen molar-refractivity contribution in [2.24, 2.45) is 0 Å². The van der Waals surface area contributed by atoms with Crippen LogP contribution in [0.15, 0.2) is 35.4 Å². The number of carbonyl (C=O) groups is 1. The summed E-state index contributed by atoms with van der Waals surface area (Å²) in [5, 5.41) is 10.5. The fraction of sp³-hybridized carbons (Fsp3) is 0.214. The lowest BCUT2D eigenvalue weighted by molar-refractivity contribution is -0.384. The Bertz CT molecular complexity index is 617. The number of esters is 1. The number of nitrogens with zero attached hydrogens (tertiary/aromatic N) is 1. The number of nitro benzene ring substituents is 1. The number of carbonyl (C=O) groups excluding carboxylic acids is 1. The van der Waals surface area contributed by atoms with Gasteiger partial charge in [-0.05, 0) is 19.1 Å². The van der Waals surface area contributed by atoms with E-state index in [0.29, 0.717) is 29.7 Å². The summed E-state index contributed by atoms with van der Waals surface area (Å²) in [4.78, 5) is 21.4. The van der Waals surface area contributed by atoms with Gasteiger partial charge in [-0.15, -0.1) is 0 Å². The van der Waals surface area contributed by atoms with Gasteiger partial charge >= 0.3 is 5.97 Å². The van der Waals surface area contributed by atoms with Crippen LogP contribution in [0.2, 0.25) is 0 Å². The molecule has 1 aromatic carbocycles. The molecule has 1 saturated heterocycles. The van der Waals surface area contributed by atoms with Gasteiger partial charge in [0.2, 0.25) is 0 Å². The second-order valence-corrected chi connectivity index (χ2v) is 4.04. The van der Waals surface area contributed by atoms with E-state index in [1.807, 2.05) is 0 Å². The first kappa shape index (κ1) is 12.8. The molecule has 0 bridgehead atoms. The van der Waals surface area contributed by atoms with Gasteiger partial charge in [-0.2, -0.15) is 0 Å². The Kier molecular flexibility index (Phi) is 3.62. The van der Waals surface area contributed by atoms with Gasteiger partial charge < -0.3 is 4.74 Å². The van der Waals surface area contributed by atoms with Crippen molar-refractivity contribution < 1.29 is 14.5 Å². The summed E-state index contributed by atoms with van der Waals surface area (Å²) in [6, 6.07) is 5.96. The molecule has 0 N–H and O–H groups in total. The second kappa shape index (κ2) is 5.36. The average molecular weight is 257 g/mol. The Hall–Kier alpha value is -2.61. The van der Waals surface area contributed by atoms with Crippen molar-refractivity contribution in [3.63, 3.8) is 0 Å². The fourth-order valence-electron chi connectivity index (χ4n) is 1.68. The van der Waals surface area contributed by atoms with Crippen molar-refractivity contribution in [2.45, 2.75) is 13.3 Å². The van der Waals surface area contributed by atoms with Gasteiger partial charge in [0.1, 0.15) is 0 Å². The highest BCUT2D eigenvalue weighted by molar-refractivity contribution is 5.92. The molecule has 0 unspecified atom stereocenters. The number of rotatable bonds is 1. The molecular weight excluding hydrogens is 246 g/mol. The van der Waals surface area contributed by atoms with Crippen LogP contribution in [0.5, 0.6) is 0 Å². The van der Waals surface area contributed by atoms with Crippen LogP contribution in [0, 0.1) is 22.0 Å². The molecule has 0 aliphatic carbocycles. The number of ether oxygens (including phenoxy) is 1. The van der Waals surface area contributed by atoms with Crippen LogP contribution in [-0.2, 0) is 9.53 Å². The first-order valence-electron chi connectivity index (χ1n) is 5.71. The van der Waals surface area contributed by atoms with E-state index in [9.17, 15) is 14.9 Å². The first-order valence-corrected chi connectivity index (χ1v) is 5.71. The molecule has 5 heteroatoms. The number of nitro groups is 1. The molecule has 1 aliphatic rings. The van der Waals surface area contributed by atoms with Gasteiger partial charge in [0.25, 0.3) is 5.69 Å². The molecule has 0 atom stereocenters. The SMILES string of the molecule is C/C(C#Cc1ccc([N+](=O)[O-])cc1)=C1\CCOC1=O. The number of allylic oxidation sites excluding steroid dienone is 1. The Morgan fingerprint density at radius 1 is 1.37 bits per heavy atom. The van der Waals surface area contributed by atoms with E-state index in [4.69, 9.17) is 4.74 Å². The van der Waals surface area contributed by atoms with Gasteiger partial charge in [0.15, 0.2) is 0 Å². The third-order valence-electron chi connectivity index (χ3n) is 2.76. The fourth-order valence-corrected chi connectivity index (χ4v) is 1.68. The Morgan fingerprint density at radius 3 is 2.58 bits per heavy atom. The molecule has 0 saturated carbocycles. The summed E-state index contributed by atoms with van der Waals surface area (Å²) in [5.74, 6) is 5.44. The predicted molar refractivity (Wildman–Crippen MR) is 68.3 cm³/mol. The highest BCUT2D eigenvalue weighted by Gasteiger charge is 2.20. The largest absolute Gasteiger partial charge is 0.462 e. The molecule has 1 aromatic rings. The molecule has 5 nitrogen and oxygen atoms in total. The van der Waals surface area contributed by atoms with Crippen LogP contribution in [0.4, 0.5) is 5.69 Å². The summed E-state index contributed by atoms with van der Waals surface area (Å²) >= 11 is 0. The van der Waals surface area contributed by atoms with E-state index in [1.165, 1.54) is 12.1 Å². The minimum Gasteiger partial charge on any atom is -0.462 e. The van der Waals surface area contributed by atoms with Crippen molar-refractivity contribution in [1.82, 2.24) is 0 Å². The second-order valence-electron chi connectivity index (χ2n) is 4.04. The molecule has 2 rings (SSSR count). The lowest BCUT2D eigenvalue weighted by atomic mass is 10.1.